The Morgan fingerprint density at radius 1 is 0.969 bits per heavy atom. The highest BCUT2D eigenvalue weighted by atomic mass is 16.6. The second-order valence-electron chi connectivity index (χ2n) is 7.96. The number of hydrogen-bond donors (Lipinski definition) is 0. The number of carbonyl (C=O) groups is 4. The molecule has 0 spiro atoms. The van der Waals surface area contributed by atoms with E-state index in [9.17, 15) is 19.2 Å². The van der Waals surface area contributed by atoms with E-state index in [1.165, 1.54) is 26.0 Å². The van der Waals surface area contributed by atoms with Crippen LogP contribution in [0.5, 0.6) is 0 Å². The molecular weight excluding hydrogens is 416 g/mol. The van der Waals surface area contributed by atoms with Crippen molar-refractivity contribution >= 4 is 23.9 Å². The largest absolute Gasteiger partial charge is 0.452 e. The lowest BCUT2D eigenvalue weighted by molar-refractivity contribution is -0.165. The summed E-state index contributed by atoms with van der Waals surface area (Å²) in [6.07, 6.45) is 7.96. The third-order valence-corrected chi connectivity index (χ3v) is 5.04. The Balaban J connectivity index is 2.55. The van der Waals surface area contributed by atoms with Crippen LogP contribution in [0.25, 0.3) is 0 Å². The normalized spacial score (nSPS) is 16.8. The molecule has 0 radical (unpaired) electrons. The summed E-state index contributed by atoms with van der Waals surface area (Å²) in [6, 6.07) is 0. The van der Waals surface area contributed by atoms with E-state index < -0.39 is 48.3 Å². The molecule has 1 saturated carbocycles. The highest BCUT2D eigenvalue weighted by molar-refractivity contribution is 5.89. The summed E-state index contributed by atoms with van der Waals surface area (Å²) in [4.78, 5) is 47.5. The van der Waals surface area contributed by atoms with Crippen LogP contribution in [0, 0.1) is 0 Å². The van der Waals surface area contributed by atoms with Gasteiger partial charge in [0.15, 0.2) is 13.2 Å². The maximum Gasteiger partial charge on any atom is 0.345 e. The van der Waals surface area contributed by atoms with E-state index in [1.54, 1.807) is 13.0 Å². The Bertz CT molecular complexity index is 801. The quantitative estimate of drug-likeness (QED) is 0.193. The lowest BCUT2D eigenvalue weighted by atomic mass is 10.0. The summed E-state index contributed by atoms with van der Waals surface area (Å²) >= 11 is 0. The molecule has 8 nitrogen and oxygen atoms in total. The standard InChI is InChI=1S/C24H32O8/c1-7-23(6,31-19(25)15-29-21(27)17(3)4)14-11-18(5)22(28)30-16-20(26)32-24(8-2)12-9-10-13-24/h7-8,11H,1-3,9-10,12-16H2,4-6H3/b18-11+. The first-order chi connectivity index (χ1) is 15.0. The minimum Gasteiger partial charge on any atom is -0.452 e. The predicted octanol–water partition coefficient (Wildman–Crippen LogP) is 3.52. The molecule has 0 N–H and O–H groups in total. The molecule has 0 aromatic carbocycles. The zero-order valence-corrected chi connectivity index (χ0v) is 19.1. The molecule has 8 heteroatoms. The number of esters is 4. The Kier molecular flexibility index (Phi) is 10.1. The van der Waals surface area contributed by atoms with Crippen molar-refractivity contribution in [2.24, 2.45) is 0 Å². The Morgan fingerprint density at radius 2 is 1.53 bits per heavy atom. The molecule has 0 aromatic rings. The van der Waals surface area contributed by atoms with Crippen molar-refractivity contribution in [3.8, 4) is 0 Å². The van der Waals surface area contributed by atoms with Crippen LogP contribution in [0.1, 0.15) is 52.9 Å². The summed E-state index contributed by atoms with van der Waals surface area (Å²) in [6.45, 7) is 14.3. The van der Waals surface area contributed by atoms with Gasteiger partial charge in [-0.1, -0.05) is 25.8 Å². The van der Waals surface area contributed by atoms with Crippen LogP contribution >= 0.6 is 0 Å². The van der Waals surface area contributed by atoms with Crippen molar-refractivity contribution in [1.82, 2.24) is 0 Å². The first-order valence-corrected chi connectivity index (χ1v) is 10.3. The average Bonchev–Trinajstić information content (AvgIpc) is 3.22. The summed E-state index contributed by atoms with van der Waals surface area (Å²) in [5.74, 6) is -2.82. The Hall–Kier alpha value is -3.16. The second kappa shape index (κ2) is 12.0. The third-order valence-electron chi connectivity index (χ3n) is 5.04. The van der Waals surface area contributed by atoms with Crippen LogP contribution < -0.4 is 0 Å². The van der Waals surface area contributed by atoms with Gasteiger partial charge in [0.2, 0.25) is 0 Å². The third kappa shape index (κ3) is 8.53. The fourth-order valence-corrected chi connectivity index (χ4v) is 2.96. The first-order valence-electron chi connectivity index (χ1n) is 10.3. The van der Waals surface area contributed by atoms with E-state index in [-0.39, 0.29) is 17.6 Å². The van der Waals surface area contributed by atoms with Gasteiger partial charge in [0.1, 0.15) is 11.2 Å². The molecule has 0 amide bonds. The van der Waals surface area contributed by atoms with Gasteiger partial charge in [-0.05, 0) is 58.6 Å². The number of carbonyl (C=O) groups excluding carboxylic acids is 4. The van der Waals surface area contributed by atoms with Crippen LogP contribution in [0.2, 0.25) is 0 Å². The van der Waals surface area contributed by atoms with Crippen molar-refractivity contribution in [2.45, 2.75) is 64.1 Å². The molecule has 0 aromatic heterocycles. The van der Waals surface area contributed by atoms with Gasteiger partial charge in [-0.2, -0.15) is 0 Å². The van der Waals surface area contributed by atoms with Crippen LogP contribution in [0.15, 0.2) is 49.1 Å². The molecule has 32 heavy (non-hydrogen) atoms. The molecular formula is C24H32O8. The minimum absolute atomic E-state index is 0.113. The van der Waals surface area contributed by atoms with Crippen LogP contribution in [-0.2, 0) is 38.1 Å². The summed E-state index contributed by atoms with van der Waals surface area (Å²) < 4.78 is 20.5. The van der Waals surface area contributed by atoms with Gasteiger partial charge < -0.3 is 18.9 Å². The van der Waals surface area contributed by atoms with Crippen LogP contribution in [0.3, 0.4) is 0 Å². The molecule has 1 rings (SSSR count). The highest BCUT2D eigenvalue weighted by Crippen LogP contribution is 2.34. The van der Waals surface area contributed by atoms with Crippen molar-refractivity contribution in [3.63, 3.8) is 0 Å². The van der Waals surface area contributed by atoms with Crippen LogP contribution in [-0.4, -0.2) is 48.3 Å². The van der Waals surface area contributed by atoms with Gasteiger partial charge in [0.25, 0.3) is 0 Å². The molecule has 1 fully saturated rings. The van der Waals surface area contributed by atoms with E-state index >= 15 is 0 Å². The maximum atomic E-state index is 12.2. The number of ether oxygens (including phenoxy) is 4. The van der Waals surface area contributed by atoms with Crippen molar-refractivity contribution in [3.05, 3.63) is 49.1 Å². The van der Waals surface area contributed by atoms with Gasteiger partial charge in [0, 0.05) is 17.6 Å². The molecule has 1 aliphatic carbocycles. The Morgan fingerprint density at radius 3 is 2.06 bits per heavy atom. The van der Waals surface area contributed by atoms with Crippen LogP contribution in [0.4, 0.5) is 0 Å². The molecule has 1 unspecified atom stereocenters. The molecule has 0 bridgehead atoms. The minimum atomic E-state index is -1.15. The fourth-order valence-electron chi connectivity index (χ4n) is 2.96. The van der Waals surface area contributed by atoms with E-state index in [1.807, 2.05) is 0 Å². The zero-order valence-electron chi connectivity index (χ0n) is 19.1. The van der Waals surface area contributed by atoms with E-state index in [4.69, 9.17) is 18.9 Å². The molecule has 1 atom stereocenters. The van der Waals surface area contributed by atoms with Gasteiger partial charge in [-0.25, -0.2) is 19.2 Å². The summed E-state index contributed by atoms with van der Waals surface area (Å²) in [7, 11) is 0. The highest BCUT2D eigenvalue weighted by Gasteiger charge is 2.34. The van der Waals surface area contributed by atoms with E-state index in [2.05, 4.69) is 19.7 Å². The summed E-state index contributed by atoms with van der Waals surface area (Å²) in [5.41, 5.74) is -1.45. The summed E-state index contributed by atoms with van der Waals surface area (Å²) in [5, 5.41) is 0. The molecule has 0 aliphatic heterocycles. The average molecular weight is 449 g/mol. The Labute approximate surface area is 188 Å². The van der Waals surface area contributed by atoms with Crippen molar-refractivity contribution in [1.29, 1.82) is 0 Å². The van der Waals surface area contributed by atoms with Gasteiger partial charge in [-0.15, -0.1) is 0 Å². The maximum absolute atomic E-state index is 12.2. The SMILES string of the molecule is C=CC(C)(C/C=C(\C)C(=O)OCC(=O)OC1(C=C)CCCC1)OC(=O)COC(=O)C(=C)C. The lowest BCUT2D eigenvalue weighted by Gasteiger charge is -2.25. The zero-order chi connectivity index (χ0) is 24.4. The monoisotopic (exact) mass is 448 g/mol. The van der Waals surface area contributed by atoms with Gasteiger partial charge >= 0.3 is 23.9 Å². The van der Waals surface area contributed by atoms with Gasteiger partial charge in [0.05, 0.1) is 0 Å². The van der Waals surface area contributed by atoms with Gasteiger partial charge in [-0.3, -0.25) is 0 Å². The van der Waals surface area contributed by atoms with Crippen molar-refractivity contribution < 1.29 is 38.1 Å². The fraction of sp³-hybridized carbons (Fsp3) is 0.500. The first kappa shape index (κ1) is 26.9. The molecule has 0 saturated heterocycles. The topological polar surface area (TPSA) is 105 Å². The molecule has 176 valence electrons. The molecule has 1 aliphatic rings. The van der Waals surface area contributed by atoms with E-state index in [0.717, 1.165) is 12.8 Å². The molecule has 0 heterocycles. The predicted molar refractivity (Wildman–Crippen MR) is 117 cm³/mol. The van der Waals surface area contributed by atoms with E-state index in [0.29, 0.717) is 12.8 Å². The number of hydrogen-bond acceptors (Lipinski definition) is 8. The lowest BCUT2D eigenvalue weighted by Crippen LogP contribution is -2.32. The van der Waals surface area contributed by atoms with Crippen molar-refractivity contribution in [2.75, 3.05) is 13.2 Å². The second-order valence-corrected chi connectivity index (χ2v) is 7.96. The number of rotatable bonds is 12. The smallest absolute Gasteiger partial charge is 0.345 e.